The molecule has 2 aromatic rings. The molecule has 7 heteroatoms. The van der Waals surface area contributed by atoms with E-state index in [1.54, 1.807) is 30.9 Å². The molecule has 0 amide bonds. The molecular formula is C15H17N5O2. The number of anilines is 1. The van der Waals surface area contributed by atoms with Gasteiger partial charge in [0.1, 0.15) is 6.04 Å². The molecule has 22 heavy (non-hydrogen) atoms. The van der Waals surface area contributed by atoms with Crippen LogP contribution in [0.1, 0.15) is 5.56 Å². The second kappa shape index (κ2) is 6.48. The van der Waals surface area contributed by atoms with Gasteiger partial charge in [-0.05, 0) is 17.7 Å². The molecule has 1 fully saturated rings. The number of nitrogens with zero attached hydrogens (tertiary/aromatic N) is 5. The predicted molar refractivity (Wildman–Crippen MR) is 80.3 cm³/mol. The first-order valence-corrected chi connectivity index (χ1v) is 7.12. The smallest absolute Gasteiger partial charge is 0.322 e. The molecule has 1 saturated heterocycles. The molecule has 114 valence electrons. The molecule has 0 aliphatic carbocycles. The second-order valence-electron chi connectivity index (χ2n) is 5.18. The number of hydrogen-bond donors (Lipinski definition) is 1. The lowest BCUT2D eigenvalue weighted by molar-refractivity contribution is -0.143. The highest BCUT2D eigenvalue weighted by atomic mass is 16.4. The Labute approximate surface area is 128 Å². The average Bonchev–Trinajstić information content (AvgIpc) is 2.57. The van der Waals surface area contributed by atoms with Gasteiger partial charge in [-0.25, -0.2) is 9.97 Å². The van der Waals surface area contributed by atoms with Gasteiger partial charge in [-0.15, -0.1) is 0 Å². The van der Waals surface area contributed by atoms with Crippen LogP contribution in [0.4, 0.5) is 5.95 Å². The number of piperazine rings is 1. The van der Waals surface area contributed by atoms with Crippen LogP contribution in [0.2, 0.25) is 0 Å². The van der Waals surface area contributed by atoms with Gasteiger partial charge < -0.3 is 10.0 Å². The minimum Gasteiger partial charge on any atom is -0.480 e. The Morgan fingerprint density at radius 1 is 1.23 bits per heavy atom. The van der Waals surface area contributed by atoms with Crippen molar-refractivity contribution in [3.05, 3.63) is 48.5 Å². The number of aliphatic carboxylic acids is 1. The van der Waals surface area contributed by atoms with Gasteiger partial charge in [0.25, 0.3) is 0 Å². The van der Waals surface area contributed by atoms with E-state index in [1.165, 1.54) is 0 Å². The third kappa shape index (κ3) is 3.20. The zero-order valence-corrected chi connectivity index (χ0v) is 12.0. The number of hydrogen-bond acceptors (Lipinski definition) is 6. The third-order valence-electron chi connectivity index (χ3n) is 3.72. The maximum Gasteiger partial charge on any atom is 0.322 e. The molecule has 0 aromatic carbocycles. The van der Waals surface area contributed by atoms with E-state index in [0.717, 1.165) is 5.56 Å². The van der Waals surface area contributed by atoms with Gasteiger partial charge in [-0.3, -0.25) is 14.7 Å². The molecule has 2 aromatic heterocycles. The zero-order valence-electron chi connectivity index (χ0n) is 12.0. The van der Waals surface area contributed by atoms with Crippen LogP contribution < -0.4 is 4.90 Å². The quantitative estimate of drug-likeness (QED) is 0.887. The molecule has 3 rings (SSSR count). The Hall–Kier alpha value is -2.54. The van der Waals surface area contributed by atoms with Crippen LogP contribution in [0.3, 0.4) is 0 Å². The van der Waals surface area contributed by atoms with Crippen LogP contribution in [-0.4, -0.2) is 56.6 Å². The molecule has 0 saturated carbocycles. The molecule has 0 bridgehead atoms. The SMILES string of the molecule is O=C(O)C1CN(c2ncccn2)CCN1Cc1cccnc1. The Morgan fingerprint density at radius 3 is 2.73 bits per heavy atom. The van der Waals surface area contributed by atoms with Gasteiger partial charge in [-0.1, -0.05) is 6.07 Å². The average molecular weight is 299 g/mol. The molecule has 7 nitrogen and oxygen atoms in total. The summed E-state index contributed by atoms with van der Waals surface area (Å²) in [5.41, 5.74) is 1.01. The van der Waals surface area contributed by atoms with Gasteiger partial charge in [0.2, 0.25) is 5.95 Å². The first kappa shape index (κ1) is 14.4. The topological polar surface area (TPSA) is 82.4 Å². The normalized spacial score (nSPS) is 19.1. The summed E-state index contributed by atoms with van der Waals surface area (Å²) in [4.78, 5) is 28.0. The summed E-state index contributed by atoms with van der Waals surface area (Å²) in [7, 11) is 0. The fraction of sp³-hybridized carbons (Fsp3) is 0.333. The van der Waals surface area contributed by atoms with Crippen LogP contribution in [0, 0.1) is 0 Å². The highest BCUT2D eigenvalue weighted by Crippen LogP contribution is 2.17. The summed E-state index contributed by atoms with van der Waals surface area (Å²) in [5.74, 6) is -0.251. The standard InChI is InChI=1S/C15H17N5O2/c21-14(22)13-11-20(15-17-5-2-6-18-15)8-7-19(13)10-12-3-1-4-16-9-12/h1-6,9,13H,7-8,10-11H2,(H,21,22). The van der Waals surface area contributed by atoms with E-state index in [2.05, 4.69) is 15.0 Å². The molecule has 3 heterocycles. The number of carbonyl (C=O) groups is 1. The van der Waals surface area contributed by atoms with E-state index in [1.807, 2.05) is 21.9 Å². The predicted octanol–water partition coefficient (Wildman–Crippen LogP) is 0.647. The van der Waals surface area contributed by atoms with Crippen molar-refractivity contribution in [2.75, 3.05) is 24.5 Å². The van der Waals surface area contributed by atoms with Gasteiger partial charge in [-0.2, -0.15) is 0 Å². The third-order valence-corrected chi connectivity index (χ3v) is 3.72. The molecule has 1 N–H and O–H groups in total. The summed E-state index contributed by atoms with van der Waals surface area (Å²) in [6, 6.07) is 4.98. The maximum absolute atomic E-state index is 11.6. The Kier molecular flexibility index (Phi) is 4.24. The zero-order chi connectivity index (χ0) is 15.4. The van der Waals surface area contributed by atoms with Crippen LogP contribution in [0.25, 0.3) is 0 Å². The van der Waals surface area contributed by atoms with Gasteiger partial charge in [0, 0.05) is 51.0 Å². The number of carboxylic acids is 1. The van der Waals surface area contributed by atoms with Crippen LogP contribution >= 0.6 is 0 Å². The van der Waals surface area contributed by atoms with Crippen molar-refractivity contribution in [2.24, 2.45) is 0 Å². The molecule has 0 radical (unpaired) electrons. The van der Waals surface area contributed by atoms with Crippen molar-refractivity contribution in [3.8, 4) is 0 Å². The van der Waals surface area contributed by atoms with E-state index in [9.17, 15) is 9.90 Å². The summed E-state index contributed by atoms with van der Waals surface area (Å²) < 4.78 is 0. The Morgan fingerprint density at radius 2 is 2.05 bits per heavy atom. The van der Waals surface area contributed by atoms with E-state index in [4.69, 9.17) is 0 Å². The van der Waals surface area contributed by atoms with E-state index >= 15 is 0 Å². The van der Waals surface area contributed by atoms with Gasteiger partial charge in [0.15, 0.2) is 0 Å². The van der Waals surface area contributed by atoms with E-state index < -0.39 is 12.0 Å². The number of pyridine rings is 1. The minimum absolute atomic E-state index is 0.375. The number of carboxylic acid groups (broad SMARTS) is 1. The molecule has 1 aliphatic heterocycles. The lowest BCUT2D eigenvalue weighted by Crippen LogP contribution is -2.56. The lowest BCUT2D eigenvalue weighted by Gasteiger charge is -2.39. The molecule has 1 atom stereocenters. The van der Waals surface area contributed by atoms with Crippen molar-refractivity contribution < 1.29 is 9.90 Å². The van der Waals surface area contributed by atoms with Crippen molar-refractivity contribution in [3.63, 3.8) is 0 Å². The fourth-order valence-corrected chi connectivity index (χ4v) is 2.61. The summed E-state index contributed by atoms with van der Waals surface area (Å²) in [6.45, 7) is 2.30. The number of aromatic nitrogens is 3. The van der Waals surface area contributed by atoms with Crippen LogP contribution in [0.5, 0.6) is 0 Å². The monoisotopic (exact) mass is 299 g/mol. The summed E-state index contributed by atoms with van der Waals surface area (Å²) in [5, 5.41) is 9.53. The molecule has 1 aliphatic rings. The van der Waals surface area contributed by atoms with Crippen molar-refractivity contribution in [1.29, 1.82) is 0 Å². The summed E-state index contributed by atoms with van der Waals surface area (Å²) >= 11 is 0. The van der Waals surface area contributed by atoms with Gasteiger partial charge in [0.05, 0.1) is 0 Å². The van der Waals surface area contributed by atoms with Crippen LogP contribution in [0.15, 0.2) is 43.0 Å². The van der Waals surface area contributed by atoms with Crippen molar-refractivity contribution in [2.45, 2.75) is 12.6 Å². The van der Waals surface area contributed by atoms with Crippen LogP contribution in [-0.2, 0) is 11.3 Å². The minimum atomic E-state index is -0.829. The first-order valence-electron chi connectivity index (χ1n) is 7.12. The Balaban J connectivity index is 1.73. The maximum atomic E-state index is 11.6. The second-order valence-corrected chi connectivity index (χ2v) is 5.18. The van der Waals surface area contributed by atoms with Crippen molar-refractivity contribution >= 4 is 11.9 Å². The number of rotatable bonds is 4. The van der Waals surface area contributed by atoms with E-state index in [-0.39, 0.29) is 0 Å². The highest BCUT2D eigenvalue weighted by molar-refractivity contribution is 5.74. The van der Waals surface area contributed by atoms with E-state index in [0.29, 0.717) is 32.1 Å². The molecule has 0 spiro atoms. The lowest BCUT2D eigenvalue weighted by atomic mass is 10.1. The molecular weight excluding hydrogens is 282 g/mol. The Bertz CT molecular complexity index is 622. The fourth-order valence-electron chi connectivity index (χ4n) is 2.61. The first-order chi connectivity index (χ1) is 10.7. The largest absolute Gasteiger partial charge is 0.480 e. The summed E-state index contributed by atoms with van der Waals surface area (Å²) in [6.07, 6.45) is 6.81. The highest BCUT2D eigenvalue weighted by Gasteiger charge is 2.33. The van der Waals surface area contributed by atoms with Gasteiger partial charge >= 0.3 is 5.97 Å². The van der Waals surface area contributed by atoms with Crippen molar-refractivity contribution in [1.82, 2.24) is 19.9 Å². The molecule has 1 unspecified atom stereocenters.